The highest BCUT2D eigenvalue weighted by atomic mass is 16.5. The second-order valence-electron chi connectivity index (χ2n) is 7.67. The molecule has 0 spiro atoms. The lowest BCUT2D eigenvalue weighted by molar-refractivity contribution is 0.0320. The number of unbranched alkanes of at least 4 members (excludes halogenated alkanes) is 4. The highest BCUT2D eigenvalue weighted by Crippen LogP contribution is 2.22. The van der Waals surface area contributed by atoms with Crippen LogP contribution in [0.2, 0.25) is 0 Å². The second kappa shape index (κ2) is 17.3. The van der Waals surface area contributed by atoms with Crippen LogP contribution in [0.4, 0.5) is 11.4 Å². The first kappa shape index (κ1) is 26.0. The van der Waals surface area contributed by atoms with Crippen LogP contribution in [0.3, 0.4) is 0 Å². The van der Waals surface area contributed by atoms with E-state index in [0.717, 1.165) is 55.8 Å². The highest BCUT2D eigenvalue weighted by Gasteiger charge is 1.98. The summed E-state index contributed by atoms with van der Waals surface area (Å²) >= 11 is 0. The Labute approximate surface area is 192 Å². The maximum Gasteiger partial charge on any atom is 0.119 e. The van der Waals surface area contributed by atoms with Gasteiger partial charge in [-0.15, -0.1) is 0 Å². The van der Waals surface area contributed by atoms with Gasteiger partial charge in [-0.2, -0.15) is 10.2 Å². The Morgan fingerprint density at radius 1 is 0.656 bits per heavy atom. The molecule has 0 amide bonds. The fraction of sp³-hybridized carbons (Fsp3) is 0.538. The van der Waals surface area contributed by atoms with Crippen LogP contribution < -0.4 is 4.74 Å². The minimum Gasteiger partial charge on any atom is -0.494 e. The fourth-order valence-corrected chi connectivity index (χ4v) is 3.07. The second-order valence-corrected chi connectivity index (χ2v) is 7.67. The first-order valence-corrected chi connectivity index (χ1v) is 11.8. The molecule has 0 atom stereocenters. The van der Waals surface area contributed by atoms with Gasteiger partial charge in [0.15, 0.2) is 0 Å². The molecule has 0 saturated carbocycles. The summed E-state index contributed by atoms with van der Waals surface area (Å²) in [5, 5.41) is 17.2. The number of rotatable bonds is 18. The van der Waals surface area contributed by atoms with Crippen LogP contribution in [0.5, 0.6) is 5.75 Å². The predicted molar refractivity (Wildman–Crippen MR) is 128 cm³/mol. The molecule has 0 aromatic heterocycles. The van der Waals surface area contributed by atoms with Gasteiger partial charge >= 0.3 is 0 Å². The largest absolute Gasteiger partial charge is 0.494 e. The minimum atomic E-state index is 0.0611. The molecule has 176 valence electrons. The molecule has 0 fully saturated rings. The molecule has 2 aromatic carbocycles. The van der Waals surface area contributed by atoms with Crippen molar-refractivity contribution < 1.29 is 19.3 Å². The smallest absolute Gasteiger partial charge is 0.119 e. The number of hydrogen-bond acceptors (Lipinski definition) is 6. The van der Waals surface area contributed by atoms with Crippen LogP contribution in [0, 0.1) is 0 Å². The maximum absolute atomic E-state index is 8.60. The van der Waals surface area contributed by atoms with E-state index in [-0.39, 0.29) is 6.61 Å². The molecule has 0 unspecified atom stereocenters. The number of aliphatic hydroxyl groups excluding tert-OH is 1. The molecule has 0 aliphatic rings. The molecule has 1 N–H and O–H groups in total. The Balaban J connectivity index is 1.54. The number of ether oxygens (including phenoxy) is 3. The van der Waals surface area contributed by atoms with Gasteiger partial charge in [0.25, 0.3) is 0 Å². The zero-order valence-electron chi connectivity index (χ0n) is 19.4. The van der Waals surface area contributed by atoms with Crippen LogP contribution in [0.25, 0.3) is 0 Å². The van der Waals surface area contributed by atoms with Crippen molar-refractivity contribution in [2.45, 2.75) is 51.9 Å². The number of aliphatic hydroxyl groups is 1. The standard InChI is InChI=1S/C26H38N2O4/c1-2-3-8-23-9-11-24(12-10-23)27-28-25-13-15-26(16-14-25)32-19-7-5-4-6-18-30-21-22-31-20-17-29/h9-16,29H,2-8,17-22H2,1H3. The first-order valence-electron chi connectivity index (χ1n) is 11.8. The molecule has 0 aliphatic carbocycles. The van der Waals surface area contributed by atoms with Crippen LogP contribution in [0.1, 0.15) is 51.0 Å². The summed E-state index contributed by atoms with van der Waals surface area (Å²) < 4.78 is 16.4. The van der Waals surface area contributed by atoms with E-state index in [4.69, 9.17) is 19.3 Å². The lowest BCUT2D eigenvalue weighted by Crippen LogP contribution is -2.07. The van der Waals surface area contributed by atoms with E-state index in [9.17, 15) is 0 Å². The van der Waals surface area contributed by atoms with Crippen LogP contribution in [0.15, 0.2) is 58.8 Å². The van der Waals surface area contributed by atoms with Gasteiger partial charge in [-0.05, 0) is 74.1 Å². The van der Waals surface area contributed by atoms with Gasteiger partial charge < -0.3 is 19.3 Å². The van der Waals surface area contributed by atoms with Gasteiger partial charge in [-0.3, -0.25) is 0 Å². The average molecular weight is 443 g/mol. The molecule has 2 rings (SSSR count). The van der Waals surface area contributed by atoms with Crippen molar-refractivity contribution in [2.24, 2.45) is 10.2 Å². The third-order valence-electron chi connectivity index (χ3n) is 4.93. The van der Waals surface area contributed by atoms with Crippen LogP contribution in [-0.2, 0) is 15.9 Å². The number of azo groups is 1. The molecule has 0 aliphatic heterocycles. The summed E-state index contributed by atoms with van der Waals surface area (Å²) in [6.07, 6.45) is 7.85. The number of benzene rings is 2. The molecule has 6 heteroatoms. The Hall–Kier alpha value is -2.28. The van der Waals surface area contributed by atoms with Gasteiger partial charge in [0.2, 0.25) is 0 Å². The van der Waals surface area contributed by atoms with E-state index in [2.05, 4.69) is 29.3 Å². The SMILES string of the molecule is CCCCc1ccc(N=Nc2ccc(OCCCCCCOCCOCCO)cc2)cc1. The van der Waals surface area contributed by atoms with Gasteiger partial charge in [0.1, 0.15) is 5.75 Å². The minimum absolute atomic E-state index is 0.0611. The van der Waals surface area contributed by atoms with Crippen molar-refractivity contribution in [2.75, 3.05) is 39.6 Å². The molecule has 0 heterocycles. The number of hydrogen-bond donors (Lipinski definition) is 1. The summed E-state index contributed by atoms with van der Waals surface area (Å²) in [6.45, 7) is 5.24. The summed E-state index contributed by atoms with van der Waals surface area (Å²) in [4.78, 5) is 0. The van der Waals surface area contributed by atoms with Crippen LogP contribution >= 0.6 is 0 Å². The van der Waals surface area contributed by atoms with Crippen molar-refractivity contribution in [1.29, 1.82) is 0 Å². The summed E-state index contributed by atoms with van der Waals surface area (Å²) in [5.74, 6) is 0.857. The van der Waals surface area contributed by atoms with Gasteiger partial charge in [-0.25, -0.2) is 0 Å². The first-order chi connectivity index (χ1) is 15.8. The molecule has 2 aromatic rings. The van der Waals surface area contributed by atoms with E-state index in [1.807, 2.05) is 36.4 Å². The molecular weight excluding hydrogens is 404 g/mol. The number of aryl methyl sites for hydroxylation is 1. The Morgan fingerprint density at radius 2 is 1.25 bits per heavy atom. The quantitative estimate of drug-likeness (QED) is 0.214. The van der Waals surface area contributed by atoms with E-state index in [1.54, 1.807) is 0 Å². The third kappa shape index (κ3) is 11.9. The van der Waals surface area contributed by atoms with Gasteiger partial charge in [0, 0.05) is 6.61 Å². The van der Waals surface area contributed by atoms with E-state index in [0.29, 0.717) is 26.4 Å². The summed E-state index contributed by atoms with van der Waals surface area (Å²) in [6, 6.07) is 16.0. The van der Waals surface area contributed by atoms with Crippen molar-refractivity contribution in [1.82, 2.24) is 0 Å². The normalized spacial score (nSPS) is 11.3. The third-order valence-corrected chi connectivity index (χ3v) is 4.93. The Morgan fingerprint density at radius 3 is 1.88 bits per heavy atom. The molecule has 32 heavy (non-hydrogen) atoms. The molecule has 0 bridgehead atoms. The van der Waals surface area contributed by atoms with Gasteiger partial charge in [-0.1, -0.05) is 31.9 Å². The molecular formula is C26H38N2O4. The van der Waals surface area contributed by atoms with Crippen molar-refractivity contribution in [3.63, 3.8) is 0 Å². The molecule has 0 saturated heterocycles. The highest BCUT2D eigenvalue weighted by molar-refractivity contribution is 5.43. The van der Waals surface area contributed by atoms with Crippen molar-refractivity contribution >= 4 is 11.4 Å². The number of nitrogens with zero attached hydrogens (tertiary/aromatic N) is 2. The average Bonchev–Trinajstić information content (AvgIpc) is 2.83. The fourth-order valence-electron chi connectivity index (χ4n) is 3.07. The lowest BCUT2D eigenvalue weighted by Gasteiger charge is -2.07. The summed E-state index contributed by atoms with van der Waals surface area (Å²) in [5.41, 5.74) is 3.03. The molecule has 6 nitrogen and oxygen atoms in total. The zero-order chi connectivity index (χ0) is 22.7. The van der Waals surface area contributed by atoms with Crippen LogP contribution in [-0.4, -0.2) is 44.7 Å². The topological polar surface area (TPSA) is 72.6 Å². The monoisotopic (exact) mass is 442 g/mol. The van der Waals surface area contributed by atoms with E-state index >= 15 is 0 Å². The maximum atomic E-state index is 8.60. The Kier molecular flexibility index (Phi) is 14.0. The summed E-state index contributed by atoms with van der Waals surface area (Å²) in [7, 11) is 0. The van der Waals surface area contributed by atoms with Gasteiger partial charge in [0.05, 0.1) is 44.4 Å². The van der Waals surface area contributed by atoms with E-state index < -0.39 is 0 Å². The predicted octanol–water partition coefficient (Wildman–Crippen LogP) is 6.41. The van der Waals surface area contributed by atoms with Crippen molar-refractivity contribution in [3.05, 3.63) is 54.1 Å². The molecule has 0 radical (unpaired) electrons. The van der Waals surface area contributed by atoms with E-state index in [1.165, 1.54) is 18.4 Å². The van der Waals surface area contributed by atoms with Crippen molar-refractivity contribution in [3.8, 4) is 5.75 Å². The Bertz CT molecular complexity index is 732. The lowest BCUT2D eigenvalue weighted by atomic mass is 10.1. The zero-order valence-corrected chi connectivity index (χ0v) is 19.4.